The fourth-order valence-corrected chi connectivity index (χ4v) is 2.63. The van der Waals surface area contributed by atoms with Crippen molar-refractivity contribution in [2.24, 2.45) is 7.05 Å². The molecule has 96 valence electrons. The van der Waals surface area contributed by atoms with Gasteiger partial charge in [-0.25, -0.2) is 4.98 Å². The zero-order valence-corrected chi connectivity index (χ0v) is 11.3. The third-order valence-electron chi connectivity index (χ3n) is 4.09. The normalized spacial score (nSPS) is 17.1. The molecule has 0 bridgehead atoms. The predicted octanol–water partition coefficient (Wildman–Crippen LogP) is 3.07. The molecule has 1 fully saturated rings. The number of hydrogen-bond donors (Lipinski definition) is 1. The summed E-state index contributed by atoms with van der Waals surface area (Å²) in [7, 11) is 2.09. The van der Waals surface area contributed by atoms with Crippen LogP contribution in [0.25, 0.3) is 11.0 Å². The topological polar surface area (TPSA) is 38.0 Å². The summed E-state index contributed by atoms with van der Waals surface area (Å²) in [6.07, 6.45) is 3.84. The molecule has 3 nitrogen and oxygen atoms in total. The van der Waals surface area contributed by atoms with Crippen LogP contribution < -0.4 is 0 Å². The molecule has 2 aromatic rings. The lowest BCUT2D eigenvalue weighted by Gasteiger charge is -2.24. The number of imidazole rings is 1. The third kappa shape index (κ3) is 1.74. The SMILES string of the molecule is Cn1c(C2CCC2)nc2cc(C(C)(C)O)ccc21. The molecular formula is C15H20N2O. The van der Waals surface area contributed by atoms with Crippen LogP contribution >= 0.6 is 0 Å². The minimum atomic E-state index is -0.803. The van der Waals surface area contributed by atoms with E-state index in [1.807, 2.05) is 26.0 Å². The van der Waals surface area contributed by atoms with E-state index in [1.54, 1.807) is 0 Å². The number of hydrogen-bond acceptors (Lipinski definition) is 2. The molecule has 3 heteroatoms. The largest absolute Gasteiger partial charge is 0.386 e. The van der Waals surface area contributed by atoms with Gasteiger partial charge >= 0.3 is 0 Å². The smallest absolute Gasteiger partial charge is 0.112 e. The Bertz CT molecular complexity index is 588. The van der Waals surface area contributed by atoms with Gasteiger partial charge in [0.05, 0.1) is 16.6 Å². The average molecular weight is 244 g/mol. The maximum absolute atomic E-state index is 10.1. The Morgan fingerprint density at radius 3 is 2.61 bits per heavy atom. The van der Waals surface area contributed by atoms with Crippen LogP contribution in [0.4, 0.5) is 0 Å². The first-order chi connectivity index (χ1) is 8.47. The number of aromatic nitrogens is 2. The molecule has 1 aliphatic rings. The Labute approximate surface area is 107 Å². The first kappa shape index (κ1) is 11.7. The van der Waals surface area contributed by atoms with Crippen LogP contribution in [-0.2, 0) is 12.6 Å². The second kappa shape index (κ2) is 3.82. The molecule has 0 atom stereocenters. The maximum Gasteiger partial charge on any atom is 0.112 e. The highest BCUT2D eigenvalue weighted by Crippen LogP contribution is 2.37. The second-order valence-electron chi connectivity index (χ2n) is 5.92. The quantitative estimate of drug-likeness (QED) is 0.881. The Morgan fingerprint density at radius 1 is 1.33 bits per heavy atom. The van der Waals surface area contributed by atoms with Crippen LogP contribution in [0, 0.1) is 0 Å². The van der Waals surface area contributed by atoms with Crippen molar-refractivity contribution in [3.63, 3.8) is 0 Å². The zero-order valence-electron chi connectivity index (χ0n) is 11.3. The lowest BCUT2D eigenvalue weighted by molar-refractivity contribution is 0.0787. The van der Waals surface area contributed by atoms with Crippen LogP contribution in [0.5, 0.6) is 0 Å². The highest BCUT2D eigenvalue weighted by atomic mass is 16.3. The molecular weight excluding hydrogens is 224 g/mol. The summed E-state index contributed by atoms with van der Waals surface area (Å²) in [6, 6.07) is 6.07. The van der Waals surface area contributed by atoms with Crippen molar-refractivity contribution in [3.05, 3.63) is 29.6 Å². The monoisotopic (exact) mass is 244 g/mol. The molecule has 1 aromatic carbocycles. The van der Waals surface area contributed by atoms with Crippen molar-refractivity contribution in [1.29, 1.82) is 0 Å². The Balaban J connectivity index is 2.12. The van der Waals surface area contributed by atoms with Gasteiger partial charge < -0.3 is 9.67 Å². The fourth-order valence-electron chi connectivity index (χ4n) is 2.63. The first-order valence-corrected chi connectivity index (χ1v) is 6.66. The number of aryl methyl sites for hydroxylation is 1. The summed E-state index contributed by atoms with van der Waals surface area (Å²) in [4.78, 5) is 4.76. The van der Waals surface area contributed by atoms with Crippen LogP contribution in [0.2, 0.25) is 0 Å². The minimum Gasteiger partial charge on any atom is -0.386 e. The van der Waals surface area contributed by atoms with Crippen molar-refractivity contribution in [2.75, 3.05) is 0 Å². The molecule has 0 unspecified atom stereocenters. The Hall–Kier alpha value is -1.35. The molecule has 1 heterocycles. The van der Waals surface area contributed by atoms with Gasteiger partial charge in [0, 0.05) is 13.0 Å². The highest BCUT2D eigenvalue weighted by Gasteiger charge is 2.25. The van der Waals surface area contributed by atoms with E-state index in [9.17, 15) is 5.11 Å². The molecule has 0 amide bonds. The molecule has 3 rings (SSSR count). The number of fused-ring (bicyclic) bond motifs is 1. The third-order valence-corrected chi connectivity index (χ3v) is 4.09. The first-order valence-electron chi connectivity index (χ1n) is 6.66. The predicted molar refractivity (Wildman–Crippen MR) is 72.6 cm³/mol. The molecule has 1 saturated carbocycles. The van der Waals surface area contributed by atoms with Gasteiger partial charge in [0.1, 0.15) is 5.82 Å². The maximum atomic E-state index is 10.1. The number of nitrogens with zero attached hydrogens (tertiary/aromatic N) is 2. The van der Waals surface area contributed by atoms with Crippen LogP contribution in [0.15, 0.2) is 18.2 Å². The minimum absolute atomic E-state index is 0.632. The number of benzene rings is 1. The lowest BCUT2D eigenvalue weighted by Crippen LogP contribution is -2.15. The molecule has 0 radical (unpaired) electrons. The number of rotatable bonds is 2. The van der Waals surface area contributed by atoms with Gasteiger partial charge in [-0.2, -0.15) is 0 Å². The van der Waals surface area contributed by atoms with Gasteiger partial charge in [-0.05, 0) is 44.4 Å². The van der Waals surface area contributed by atoms with Gasteiger partial charge in [-0.1, -0.05) is 12.5 Å². The summed E-state index contributed by atoms with van der Waals surface area (Å²) in [5, 5.41) is 10.1. The Kier molecular flexibility index (Phi) is 2.49. The Morgan fingerprint density at radius 2 is 2.06 bits per heavy atom. The molecule has 0 spiro atoms. The van der Waals surface area contributed by atoms with Crippen LogP contribution in [-0.4, -0.2) is 14.7 Å². The van der Waals surface area contributed by atoms with E-state index >= 15 is 0 Å². The summed E-state index contributed by atoms with van der Waals surface area (Å²) >= 11 is 0. The van der Waals surface area contributed by atoms with Crippen molar-refractivity contribution < 1.29 is 5.11 Å². The average Bonchev–Trinajstić information content (AvgIpc) is 2.52. The van der Waals surface area contributed by atoms with Gasteiger partial charge in [-0.3, -0.25) is 0 Å². The molecule has 0 saturated heterocycles. The van der Waals surface area contributed by atoms with E-state index < -0.39 is 5.60 Å². The molecule has 18 heavy (non-hydrogen) atoms. The standard InChI is InChI=1S/C15H20N2O/c1-15(2,18)11-7-8-13-12(9-11)16-14(17(13)3)10-5-4-6-10/h7-10,18H,4-6H2,1-3H3. The van der Waals surface area contributed by atoms with E-state index in [4.69, 9.17) is 4.98 Å². The van der Waals surface area contributed by atoms with Crippen LogP contribution in [0.3, 0.4) is 0 Å². The molecule has 1 aliphatic carbocycles. The van der Waals surface area contributed by atoms with Crippen molar-refractivity contribution in [3.8, 4) is 0 Å². The van der Waals surface area contributed by atoms with Gasteiger partial charge in [-0.15, -0.1) is 0 Å². The fraction of sp³-hybridized carbons (Fsp3) is 0.533. The summed E-state index contributed by atoms with van der Waals surface area (Å²) in [5.74, 6) is 1.83. The van der Waals surface area contributed by atoms with E-state index in [-0.39, 0.29) is 0 Å². The van der Waals surface area contributed by atoms with Crippen molar-refractivity contribution in [1.82, 2.24) is 9.55 Å². The highest BCUT2D eigenvalue weighted by molar-refractivity contribution is 5.77. The van der Waals surface area contributed by atoms with Crippen molar-refractivity contribution in [2.45, 2.75) is 44.6 Å². The van der Waals surface area contributed by atoms with Gasteiger partial charge in [0.25, 0.3) is 0 Å². The molecule has 1 N–H and O–H groups in total. The van der Waals surface area contributed by atoms with Crippen LogP contribution in [0.1, 0.15) is 50.4 Å². The number of aliphatic hydroxyl groups is 1. The van der Waals surface area contributed by atoms with Gasteiger partial charge in [0.2, 0.25) is 0 Å². The summed E-state index contributed by atoms with van der Waals surface area (Å²) in [5.41, 5.74) is 2.28. The van der Waals surface area contributed by atoms with Gasteiger partial charge in [0.15, 0.2) is 0 Å². The summed E-state index contributed by atoms with van der Waals surface area (Å²) < 4.78 is 2.20. The van der Waals surface area contributed by atoms with E-state index in [1.165, 1.54) is 25.1 Å². The van der Waals surface area contributed by atoms with E-state index in [0.29, 0.717) is 5.92 Å². The van der Waals surface area contributed by atoms with E-state index in [2.05, 4.69) is 17.7 Å². The molecule has 0 aliphatic heterocycles. The summed E-state index contributed by atoms with van der Waals surface area (Å²) in [6.45, 7) is 3.62. The molecule has 1 aromatic heterocycles. The van der Waals surface area contributed by atoms with Crippen molar-refractivity contribution >= 4 is 11.0 Å². The zero-order chi connectivity index (χ0) is 12.9. The lowest BCUT2D eigenvalue weighted by atomic mass is 9.85. The second-order valence-corrected chi connectivity index (χ2v) is 5.92. The van der Waals surface area contributed by atoms with E-state index in [0.717, 1.165) is 16.6 Å².